The summed E-state index contributed by atoms with van der Waals surface area (Å²) >= 11 is 0. The van der Waals surface area contributed by atoms with Crippen LogP contribution in [0.4, 0.5) is 4.39 Å². The molecule has 1 aromatic heterocycles. The van der Waals surface area contributed by atoms with Crippen molar-refractivity contribution in [1.82, 2.24) is 15.0 Å². The minimum Gasteiger partial charge on any atom is -0.325 e. The van der Waals surface area contributed by atoms with Gasteiger partial charge in [-0.25, -0.2) is 9.07 Å². The van der Waals surface area contributed by atoms with Gasteiger partial charge in [0.2, 0.25) is 0 Å². The topological polar surface area (TPSA) is 56.7 Å². The van der Waals surface area contributed by atoms with E-state index in [-0.39, 0.29) is 12.4 Å². The van der Waals surface area contributed by atoms with E-state index in [0.29, 0.717) is 17.0 Å². The summed E-state index contributed by atoms with van der Waals surface area (Å²) in [6.07, 6.45) is 0. The van der Waals surface area contributed by atoms with Crippen LogP contribution in [0.25, 0.3) is 16.9 Å². The van der Waals surface area contributed by atoms with Crippen LogP contribution in [0.3, 0.4) is 0 Å². The maximum absolute atomic E-state index is 14.2. The van der Waals surface area contributed by atoms with Crippen molar-refractivity contribution in [3.63, 3.8) is 0 Å². The molecule has 0 aliphatic heterocycles. The highest BCUT2D eigenvalue weighted by Crippen LogP contribution is 2.28. The summed E-state index contributed by atoms with van der Waals surface area (Å²) in [6.45, 7) is 4.20. The van der Waals surface area contributed by atoms with E-state index < -0.39 is 0 Å². The third-order valence-corrected chi connectivity index (χ3v) is 3.66. The molecule has 4 nitrogen and oxygen atoms in total. The van der Waals surface area contributed by atoms with E-state index in [9.17, 15) is 4.39 Å². The maximum atomic E-state index is 14.2. The molecule has 3 rings (SSSR count). The van der Waals surface area contributed by atoms with E-state index in [4.69, 9.17) is 5.73 Å². The Balaban J connectivity index is 2.29. The van der Waals surface area contributed by atoms with E-state index in [1.54, 1.807) is 22.9 Å². The molecule has 0 bridgehead atoms. The van der Waals surface area contributed by atoms with Crippen LogP contribution in [0.2, 0.25) is 0 Å². The van der Waals surface area contributed by atoms with Crippen LogP contribution >= 0.6 is 0 Å². The van der Waals surface area contributed by atoms with Gasteiger partial charge >= 0.3 is 0 Å². The van der Waals surface area contributed by atoms with Crippen LogP contribution in [-0.2, 0) is 6.54 Å². The lowest BCUT2D eigenvalue weighted by Gasteiger charge is -2.12. The fraction of sp³-hybridized carbons (Fsp3) is 0.176. The van der Waals surface area contributed by atoms with Gasteiger partial charge in [-0.1, -0.05) is 29.5 Å². The zero-order valence-corrected chi connectivity index (χ0v) is 12.5. The Labute approximate surface area is 128 Å². The highest BCUT2D eigenvalue weighted by atomic mass is 19.1. The van der Waals surface area contributed by atoms with Gasteiger partial charge in [-0.2, -0.15) is 0 Å². The summed E-state index contributed by atoms with van der Waals surface area (Å²) < 4.78 is 15.9. The molecular formula is C17H17FN4. The average Bonchev–Trinajstić information content (AvgIpc) is 2.93. The van der Waals surface area contributed by atoms with Crippen LogP contribution in [0.1, 0.15) is 16.8 Å². The van der Waals surface area contributed by atoms with Gasteiger partial charge < -0.3 is 5.73 Å². The molecule has 5 heteroatoms. The number of rotatable bonds is 3. The minimum atomic E-state index is -0.314. The van der Waals surface area contributed by atoms with Crippen molar-refractivity contribution in [3.05, 3.63) is 65.1 Å². The number of hydrogen-bond donors (Lipinski definition) is 1. The fourth-order valence-electron chi connectivity index (χ4n) is 2.49. The number of halogens is 1. The van der Waals surface area contributed by atoms with E-state index >= 15 is 0 Å². The second-order valence-corrected chi connectivity index (χ2v) is 5.27. The summed E-state index contributed by atoms with van der Waals surface area (Å²) in [7, 11) is 0. The molecule has 0 amide bonds. The van der Waals surface area contributed by atoms with Crippen molar-refractivity contribution >= 4 is 0 Å². The standard InChI is InChI=1S/C17H17FN4/c1-11-7-8-12(2)16(9-11)22-17(15(10-19)20-21-22)13-5-3-4-6-14(13)18/h3-9H,10,19H2,1-2H3. The van der Waals surface area contributed by atoms with Crippen molar-refractivity contribution in [1.29, 1.82) is 0 Å². The summed E-state index contributed by atoms with van der Waals surface area (Å²) in [5.74, 6) is -0.314. The van der Waals surface area contributed by atoms with Crippen LogP contribution < -0.4 is 5.73 Å². The van der Waals surface area contributed by atoms with Crippen LogP contribution in [0, 0.1) is 19.7 Å². The molecule has 2 aromatic carbocycles. The Hall–Kier alpha value is -2.53. The predicted molar refractivity (Wildman–Crippen MR) is 84.1 cm³/mol. The van der Waals surface area contributed by atoms with Crippen molar-refractivity contribution in [3.8, 4) is 16.9 Å². The summed E-state index contributed by atoms with van der Waals surface area (Å²) in [5.41, 5.74) is 10.4. The number of aryl methyl sites for hydroxylation is 2. The molecule has 3 aromatic rings. The number of hydrogen-bond acceptors (Lipinski definition) is 3. The molecule has 0 atom stereocenters. The number of nitrogens with zero attached hydrogens (tertiary/aromatic N) is 3. The van der Waals surface area contributed by atoms with Gasteiger partial charge in [-0.05, 0) is 43.2 Å². The lowest BCUT2D eigenvalue weighted by molar-refractivity contribution is 0.629. The quantitative estimate of drug-likeness (QED) is 0.807. The van der Waals surface area contributed by atoms with Crippen LogP contribution in [0.15, 0.2) is 42.5 Å². The highest BCUT2D eigenvalue weighted by molar-refractivity contribution is 5.65. The second kappa shape index (κ2) is 5.69. The lowest BCUT2D eigenvalue weighted by atomic mass is 10.1. The molecule has 22 heavy (non-hydrogen) atoms. The van der Waals surface area contributed by atoms with Crippen LogP contribution in [-0.4, -0.2) is 15.0 Å². The number of benzene rings is 2. The highest BCUT2D eigenvalue weighted by Gasteiger charge is 2.19. The Morgan fingerprint density at radius 1 is 1.14 bits per heavy atom. The first-order chi connectivity index (χ1) is 10.6. The Bertz CT molecular complexity index is 823. The Kier molecular flexibility index (Phi) is 3.73. The first kappa shape index (κ1) is 14.4. The zero-order valence-electron chi connectivity index (χ0n) is 12.5. The molecule has 0 unspecified atom stereocenters. The third kappa shape index (κ3) is 2.40. The monoisotopic (exact) mass is 296 g/mol. The van der Waals surface area contributed by atoms with Crippen molar-refractivity contribution in [2.75, 3.05) is 0 Å². The molecule has 0 aliphatic rings. The lowest BCUT2D eigenvalue weighted by Crippen LogP contribution is -2.05. The van der Waals surface area contributed by atoms with Crippen LogP contribution in [0.5, 0.6) is 0 Å². The number of nitrogens with two attached hydrogens (primary N) is 1. The fourth-order valence-corrected chi connectivity index (χ4v) is 2.49. The van der Waals surface area contributed by atoms with Crippen molar-refractivity contribution < 1.29 is 4.39 Å². The van der Waals surface area contributed by atoms with E-state index in [0.717, 1.165) is 16.8 Å². The molecule has 0 spiro atoms. The van der Waals surface area contributed by atoms with E-state index in [1.165, 1.54) is 6.07 Å². The normalized spacial score (nSPS) is 10.9. The van der Waals surface area contributed by atoms with Gasteiger partial charge in [-0.15, -0.1) is 5.10 Å². The van der Waals surface area contributed by atoms with Gasteiger partial charge in [0.05, 0.1) is 5.69 Å². The Morgan fingerprint density at radius 2 is 1.91 bits per heavy atom. The second-order valence-electron chi connectivity index (χ2n) is 5.27. The third-order valence-electron chi connectivity index (χ3n) is 3.66. The van der Waals surface area contributed by atoms with Gasteiger partial charge in [0, 0.05) is 12.1 Å². The van der Waals surface area contributed by atoms with E-state index in [2.05, 4.69) is 10.3 Å². The Morgan fingerprint density at radius 3 is 2.64 bits per heavy atom. The largest absolute Gasteiger partial charge is 0.325 e. The summed E-state index contributed by atoms with van der Waals surface area (Å²) in [4.78, 5) is 0. The molecule has 0 aliphatic carbocycles. The molecule has 1 heterocycles. The predicted octanol–water partition coefficient (Wildman–Crippen LogP) is 3.15. The van der Waals surface area contributed by atoms with Gasteiger partial charge in [0.15, 0.2) is 0 Å². The summed E-state index contributed by atoms with van der Waals surface area (Å²) in [6, 6.07) is 12.6. The smallest absolute Gasteiger partial charge is 0.132 e. The summed E-state index contributed by atoms with van der Waals surface area (Å²) in [5, 5.41) is 8.32. The molecule has 0 saturated heterocycles. The SMILES string of the molecule is Cc1ccc(C)c(-n2nnc(CN)c2-c2ccccc2F)c1. The maximum Gasteiger partial charge on any atom is 0.132 e. The van der Waals surface area contributed by atoms with Crippen molar-refractivity contribution in [2.24, 2.45) is 5.73 Å². The average molecular weight is 296 g/mol. The molecule has 112 valence electrons. The molecule has 0 saturated carbocycles. The van der Waals surface area contributed by atoms with Gasteiger partial charge in [0.1, 0.15) is 17.2 Å². The zero-order chi connectivity index (χ0) is 15.7. The van der Waals surface area contributed by atoms with Gasteiger partial charge in [-0.3, -0.25) is 0 Å². The molecule has 0 fully saturated rings. The van der Waals surface area contributed by atoms with Gasteiger partial charge in [0.25, 0.3) is 0 Å². The molecule has 2 N–H and O–H groups in total. The minimum absolute atomic E-state index is 0.203. The first-order valence-corrected chi connectivity index (χ1v) is 7.09. The van der Waals surface area contributed by atoms with E-state index in [1.807, 2.05) is 32.0 Å². The van der Waals surface area contributed by atoms with Crippen molar-refractivity contribution in [2.45, 2.75) is 20.4 Å². The molecular weight excluding hydrogens is 279 g/mol. The molecule has 0 radical (unpaired) electrons. The number of aromatic nitrogens is 3. The first-order valence-electron chi connectivity index (χ1n) is 7.09.